The highest BCUT2D eigenvalue weighted by atomic mass is 16.6. The second-order valence-corrected chi connectivity index (χ2v) is 6.75. The van der Waals surface area contributed by atoms with Gasteiger partial charge in [0.2, 0.25) is 0 Å². The quantitative estimate of drug-likeness (QED) is 0.807. The molecule has 0 unspecified atom stereocenters. The van der Waals surface area contributed by atoms with Crippen LogP contribution in [0.15, 0.2) is 36.5 Å². The molecule has 5 nitrogen and oxygen atoms in total. The highest BCUT2D eigenvalue weighted by Crippen LogP contribution is 2.57. The number of rotatable bonds is 4. The first kappa shape index (κ1) is 15.8. The van der Waals surface area contributed by atoms with Crippen molar-refractivity contribution in [3.05, 3.63) is 47.8 Å². The second kappa shape index (κ2) is 6.29. The molecule has 2 aromatic rings. The van der Waals surface area contributed by atoms with E-state index in [4.69, 9.17) is 16.3 Å². The van der Waals surface area contributed by atoms with Gasteiger partial charge < -0.3 is 9.64 Å². The number of fused-ring (bicyclic) bond motifs is 1. The standard InChI is InChI=1S/C20H21N3O2/c1-3-11-25-20(24)22-12-16-17(13-22)19(16)18-9-10-23(21-18)15-7-5-14(4-2)6-8-15/h2,5-10,16-17,19H,3,11-13H2,1H3/t16-,17+,19+. The summed E-state index contributed by atoms with van der Waals surface area (Å²) in [5.41, 5.74) is 2.97. The molecular weight excluding hydrogens is 314 g/mol. The first-order chi connectivity index (χ1) is 12.2. The van der Waals surface area contributed by atoms with Crippen molar-refractivity contribution in [3.63, 3.8) is 0 Å². The van der Waals surface area contributed by atoms with Crippen LogP contribution in [0.2, 0.25) is 0 Å². The average molecular weight is 335 g/mol. The van der Waals surface area contributed by atoms with Gasteiger partial charge in [-0.3, -0.25) is 0 Å². The van der Waals surface area contributed by atoms with Crippen molar-refractivity contribution in [3.8, 4) is 18.0 Å². The molecule has 0 bridgehead atoms. The van der Waals surface area contributed by atoms with Crippen LogP contribution >= 0.6 is 0 Å². The highest BCUT2D eigenvalue weighted by Gasteiger charge is 2.58. The molecule has 4 rings (SSSR count). The molecule has 0 spiro atoms. The van der Waals surface area contributed by atoms with Crippen LogP contribution in [-0.2, 0) is 4.74 Å². The third-order valence-electron chi connectivity index (χ3n) is 5.13. The molecule has 1 aromatic heterocycles. The lowest BCUT2D eigenvalue weighted by Crippen LogP contribution is -2.32. The van der Waals surface area contributed by atoms with Crippen molar-refractivity contribution in [2.45, 2.75) is 19.3 Å². The van der Waals surface area contributed by atoms with Crippen molar-refractivity contribution in [1.82, 2.24) is 14.7 Å². The number of terminal acetylenes is 1. The summed E-state index contributed by atoms with van der Waals surface area (Å²) in [6.45, 7) is 4.06. The zero-order valence-electron chi connectivity index (χ0n) is 14.3. The van der Waals surface area contributed by atoms with Crippen molar-refractivity contribution < 1.29 is 9.53 Å². The number of ether oxygens (including phenoxy) is 1. The van der Waals surface area contributed by atoms with E-state index in [9.17, 15) is 4.79 Å². The van der Waals surface area contributed by atoms with Gasteiger partial charge >= 0.3 is 6.09 Å². The molecule has 1 aliphatic heterocycles. The Balaban J connectivity index is 1.39. The maximum atomic E-state index is 11.9. The normalized spacial score (nSPS) is 23.8. The van der Waals surface area contributed by atoms with Crippen molar-refractivity contribution in [2.24, 2.45) is 11.8 Å². The summed E-state index contributed by atoms with van der Waals surface area (Å²) in [5, 5.41) is 4.73. The molecule has 2 aliphatic rings. The van der Waals surface area contributed by atoms with E-state index in [-0.39, 0.29) is 6.09 Å². The first-order valence-electron chi connectivity index (χ1n) is 8.75. The molecule has 2 fully saturated rings. The molecule has 1 amide bonds. The van der Waals surface area contributed by atoms with Gasteiger partial charge in [0.1, 0.15) is 0 Å². The second-order valence-electron chi connectivity index (χ2n) is 6.75. The van der Waals surface area contributed by atoms with Crippen molar-refractivity contribution >= 4 is 6.09 Å². The van der Waals surface area contributed by atoms with Crippen LogP contribution in [0.3, 0.4) is 0 Å². The van der Waals surface area contributed by atoms with E-state index < -0.39 is 0 Å². The number of likely N-dealkylation sites (tertiary alicyclic amines) is 1. The number of aromatic nitrogens is 2. The monoisotopic (exact) mass is 335 g/mol. The van der Waals surface area contributed by atoms with E-state index in [1.54, 1.807) is 0 Å². The van der Waals surface area contributed by atoms with Crippen LogP contribution in [0, 0.1) is 24.2 Å². The van der Waals surface area contributed by atoms with E-state index in [0.29, 0.717) is 24.4 Å². The lowest BCUT2D eigenvalue weighted by Gasteiger charge is -2.18. The Kier molecular flexibility index (Phi) is 3.96. The summed E-state index contributed by atoms with van der Waals surface area (Å²) in [4.78, 5) is 13.8. The van der Waals surface area contributed by atoms with E-state index in [0.717, 1.165) is 36.5 Å². The Morgan fingerprint density at radius 2 is 2.00 bits per heavy atom. The fourth-order valence-electron chi connectivity index (χ4n) is 3.76. The number of nitrogens with zero attached hydrogens (tertiary/aromatic N) is 3. The van der Waals surface area contributed by atoms with Crippen LogP contribution in [0.25, 0.3) is 5.69 Å². The smallest absolute Gasteiger partial charge is 0.409 e. The Morgan fingerprint density at radius 1 is 1.28 bits per heavy atom. The maximum Gasteiger partial charge on any atom is 0.409 e. The minimum absolute atomic E-state index is 0.174. The summed E-state index contributed by atoms with van der Waals surface area (Å²) in [7, 11) is 0. The maximum absolute atomic E-state index is 11.9. The molecule has 1 aliphatic carbocycles. The molecule has 0 radical (unpaired) electrons. The summed E-state index contributed by atoms with van der Waals surface area (Å²) < 4.78 is 7.10. The molecule has 3 atom stereocenters. The van der Waals surface area contributed by atoms with Crippen LogP contribution < -0.4 is 0 Å². The number of hydrogen-bond donors (Lipinski definition) is 0. The molecule has 1 saturated carbocycles. The minimum Gasteiger partial charge on any atom is -0.449 e. The summed E-state index contributed by atoms with van der Waals surface area (Å²) in [5.74, 6) is 4.11. The Labute approximate surface area is 147 Å². The van der Waals surface area contributed by atoms with E-state index in [1.165, 1.54) is 0 Å². The highest BCUT2D eigenvalue weighted by molar-refractivity contribution is 5.68. The van der Waals surface area contributed by atoms with Crippen LogP contribution in [-0.4, -0.2) is 40.5 Å². The Bertz CT molecular complexity index is 806. The fourth-order valence-corrected chi connectivity index (χ4v) is 3.76. The predicted octanol–water partition coefficient (Wildman–Crippen LogP) is 3.05. The number of carbonyl (C=O) groups excluding carboxylic acids is 1. The number of benzene rings is 1. The van der Waals surface area contributed by atoms with Gasteiger partial charge in [0.25, 0.3) is 0 Å². The number of carbonyl (C=O) groups is 1. The van der Waals surface area contributed by atoms with Crippen molar-refractivity contribution in [2.75, 3.05) is 19.7 Å². The third-order valence-corrected chi connectivity index (χ3v) is 5.13. The average Bonchev–Trinajstić information content (AvgIpc) is 3.03. The summed E-state index contributed by atoms with van der Waals surface area (Å²) in [6, 6.07) is 9.87. The zero-order valence-corrected chi connectivity index (χ0v) is 14.3. The molecular formula is C20H21N3O2. The van der Waals surface area contributed by atoms with Crippen molar-refractivity contribution in [1.29, 1.82) is 0 Å². The van der Waals surface area contributed by atoms with Crippen LogP contribution in [0.1, 0.15) is 30.5 Å². The minimum atomic E-state index is -0.174. The van der Waals surface area contributed by atoms with Gasteiger partial charge in [0.05, 0.1) is 18.0 Å². The molecule has 25 heavy (non-hydrogen) atoms. The number of piperidine rings is 1. The number of hydrogen-bond acceptors (Lipinski definition) is 3. The van der Waals surface area contributed by atoms with E-state index in [2.05, 4.69) is 12.0 Å². The van der Waals surface area contributed by atoms with E-state index >= 15 is 0 Å². The molecule has 0 N–H and O–H groups in total. The Hall–Kier alpha value is -2.74. The van der Waals surface area contributed by atoms with Crippen LogP contribution in [0.5, 0.6) is 0 Å². The van der Waals surface area contributed by atoms with Gasteiger partial charge in [-0.05, 0) is 48.6 Å². The largest absolute Gasteiger partial charge is 0.449 e. The van der Waals surface area contributed by atoms with Crippen LogP contribution in [0.4, 0.5) is 4.79 Å². The SMILES string of the molecule is C#Cc1ccc(-n2ccc([C@H]3[C@@H]4CN(C(=O)OCCC)C[C@@H]43)n2)cc1. The third kappa shape index (κ3) is 2.89. The lowest BCUT2D eigenvalue weighted by molar-refractivity contribution is 0.106. The molecule has 128 valence electrons. The lowest BCUT2D eigenvalue weighted by atomic mass is 10.2. The fraction of sp³-hybridized carbons (Fsp3) is 0.400. The van der Waals surface area contributed by atoms with Gasteiger partial charge in [-0.15, -0.1) is 6.42 Å². The summed E-state index contributed by atoms with van der Waals surface area (Å²) in [6.07, 6.45) is 8.06. The van der Waals surface area contributed by atoms with Gasteiger partial charge in [0, 0.05) is 30.8 Å². The van der Waals surface area contributed by atoms with Gasteiger partial charge in [-0.2, -0.15) is 5.10 Å². The van der Waals surface area contributed by atoms with Gasteiger partial charge in [-0.25, -0.2) is 9.48 Å². The Morgan fingerprint density at radius 3 is 2.64 bits per heavy atom. The van der Waals surface area contributed by atoms with Gasteiger partial charge in [0.15, 0.2) is 0 Å². The summed E-state index contributed by atoms with van der Waals surface area (Å²) >= 11 is 0. The zero-order chi connectivity index (χ0) is 17.4. The molecule has 2 heterocycles. The predicted molar refractivity (Wildman–Crippen MR) is 94.4 cm³/mol. The molecule has 5 heteroatoms. The first-order valence-corrected chi connectivity index (χ1v) is 8.75. The molecule has 1 saturated heterocycles. The van der Waals surface area contributed by atoms with E-state index in [1.807, 2.05) is 47.0 Å². The molecule has 1 aromatic carbocycles. The topological polar surface area (TPSA) is 47.4 Å². The van der Waals surface area contributed by atoms with Gasteiger partial charge in [-0.1, -0.05) is 12.8 Å². The number of amides is 1.